The molecule has 0 N–H and O–H groups in total. The summed E-state index contributed by atoms with van der Waals surface area (Å²) in [5, 5.41) is 0. The van der Waals surface area contributed by atoms with Gasteiger partial charge in [0, 0.05) is 5.41 Å². The number of carbonyl (C=O) groups excluding carboxylic acids is 1. The predicted octanol–water partition coefficient (Wildman–Crippen LogP) is 3.83. The average Bonchev–Trinajstić information content (AvgIpc) is 2.56. The fraction of sp³-hybridized carbons (Fsp3) is 0.938. The van der Waals surface area contributed by atoms with E-state index in [1.807, 2.05) is 20.8 Å². The molecule has 2 aliphatic carbocycles. The molecule has 3 atom stereocenters. The van der Waals surface area contributed by atoms with Gasteiger partial charge in [-0.25, -0.2) is 0 Å². The summed E-state index contributed by atoms with van der Waals surface area (Å²) in [5.74, 6) is 0.990. The number of Topliss-reactive ketones (excluding diaryl/α,β-unsaturated/α-hetero) is 1. The third-order valence-electron chi connectivity index (χ3n) is 5.97. The van der Waals surface area contributed by atoms with Crippen LogP contribution >= 0.6 is 0 Å². The molecule has 3 unspecified atom stereocenters. The zero-order valence-electron chi connectivity index (χ0n) is 12.8. The van der Waals surface area contributed by atoms with Crippen LogP contribution in [0.4, 0.5) is 0 Å². The Morgan fingerprint density at radius 2 is 1.89 bits per heavy atom. The molecule has 0 aromatic carbocycles. The summed E-state index contributed by atoms with van der Waals surface area (Å²) in [5.41, 5.74) is 0.340. The number of hydrogen-bond donors (Lipinski definition) is 0. The first-order chi connectivity index (χ1) is 8.09. The number of fused-ring (bicyclic) bond motifs is 2. The molecule has 104 valence electrons. The van der Waals surface area contributed by atoms with Gasteiger partial charge in [0.05, 0.1) is 6.10 Å². The monoisotopic (exact) mass is 252 g/mol. The van der Waals surface area contributed by atoms with Gasteiger partial charge in [0.1, 0.15) is 6.61 Å². The first-order valence-corrected chi connectivity index (χ1v) is 7.24. The van der Waals surface area contributed by atoms with Gasteiger partial charge in [0.25, 0.3) is 0 Å². The van der Waals surface area contributed by atoms with Crippen LogP contribution in [0, 0.1) is 22.2 Å². The maximum absolute atomic E-state index is 12.0. The minimum Gasteiger partial charge on any atom is -0.370 e. The van der Waals surface area contributed by atoms with Gasteiger partial charge in [-0.3, -0.25) is 4.79 Å². The van der Waals surface area contributed by atoms with Crippen LogP contribution in [0.25, 0.3) is 0 Å². The summed E-state index contributed by atoms with van der Waals surface area (Å²) in [6.07, 6.45) is 3.99. The third kappa shape index (κ3) is 1.93. The normalized spacial score (nSPS) is 38.1. The van der Waals surface area contributed by atoms with Crippen LogP contribution in [0.5, 0.6) is 0 Å². The maximum Gasteiger partial charge on any atom is 0.163 e. The Labute approximate surface area is 111 Å². The lowest BCUT2D eigenvalue weighted by atomic mass is 9.70. The van der Waals surface area contributed by atoms with Crippen LogP contribution in [0.3, 0.4) is 0 Å². The number of carbonyl (C=O) groups is 1. The molecule has 2 saturated carbocycles. The van der Waals surface area contributed by atoms with Crippen molar-refractivity contribution in [3.63, 3.8) is 0 Å². The Bertz CT molecular complexity index is 351. The second kappa shape index (κ2) is 4.06. The maximum atomic E-state index is 12.0. The smallest absolute Gasteiger partial charge is 0.163 e. The highest BCUT2D eigenvalue weighted by Crippen LogP contribution is 2.66. The van der Waals surface area contributed by atoms with E-state index < -0.39 is 0 Å². The fourth-order valence-electron chi connectivity index (χ4n) is 3.78. The van der Waals surface area contributed by atoms with Crippen molar-refractivity contribution in [2.24, 2.45) is 22.2 Å². The SMILES string of the molecule is CC(C)(C)C(=O)COC1CC2CCC1(C)C2(C)C. The zero-order chi connectivity index (χ0) is 13.8. The molecule has 0 spiro atoms. The van der Waals surface area contributed by atoms with Crippen molar-refractivity contribution in [2.75, 3.05) is 6.61 Å². The summed E-state index contributed by atoms with van der Waals surface area (Å²) >= 11 is 0. The molecule has 0 radical (unpaired) electrons. The summed E-state index contributed by atoms with van der Waals surface area (Å²) in [6.45, 7) is 13.3. The molecule has 0 aromatic rings. The Kier molecular flexibility index (Phi) is 3.17. The van der Waals surface area contributed by atoms with Gasteiger partial charge in [-0.1, -0.05) is 41.5 Å². The highest BCUT2D eigenvalue weighted by molar-refractivity contribution is 5.84. The molecule has 2 fully saturated rings. The van der Waals surface area contributed by atoms with Crippen molar-refractivity contribution in [3.8, 4) is 0 Å². The van der Waals surface area contributed by atoms with E-state index in [-0.39, 0.29) is 29.3 Å². The minimum absolute atomic E-state index is 0.215. The van der Waals surface area contributed by atoms with Crippen molar-refractivity contribution in [1.29, 1.82) is 0 Å². The molecular weight excluding hydrogens is 224 g/mol. The van der Waals surface area contributed by atoms with Gasteiger partial charge < -0.3 is 4.74 Å². The van der Waals surface area contributed by atoms with E-state index in [9.17, 15) is 4.79 Å². The van der Waals surface area contributed by atoms with Crippen molar-refractivity contribution in [1.82, 2.24) is 0 Å². The Morgan fingerprint density at radius 1 is 1.28 bits per heavy atom. The summed E-state index contributed by atoms with van der Waals surface area (Å²) in [4.78, 5) is 12.0. The number of rotatable bonds is 3. The molecule has 2 nitrogen and oxygen atoms in total. The molecule has 18 heavy (non-hydrogen) atoms. The second-order valence-electron chi connectivity index (χ2n) is 8.08. The summed E-state index contributed by atoms with van der Waals surface area (Å²) in [7, 11) is 0. The van der Waals surface area contributed by atoms with E-state index in [2.05, 4.69) is 20.8 Å². The van der Waals surface area contributed by atoms with Gasteiger partial charge >= 0.3 is 0 Å². The van der Waals surface area contributed by atoms with E-state index in [1.165, 1.54) is 12.8 Å². The molecule has 2 aliphatic rings. The Balaban J connectivity index is 2.00. The van der Waals surface area contributed by atoms with Crippen LogP contribution < -0.4 is 0 Å². The second-order valence-corrected chi connectivity index (χ2v) is 8.08. The topological polar surface area (TPSA) is 26.3 Å². The lowest BCUT2D eigenvalue weighted by molar-refractivity contribution is -0.137. The molecule has 2 heteroatoms. The quantitative estimate of drug-likeness (QED) is 0.763. The van der Waals surface area contributed by atoms with Gasteiger partial charge in [0.15, 0.2) is 5.78 Å². The van der Waals surface area contributed by atoms with Crippen molar-refractivity contribution < 1.29 is 9.53 Å². The van der Waals surface area contributed by atoms with Crippen LogP contribution in [-0.2, 0) is 9.53 Å². The van der Waals surface area contributed by atoms with Crippen LogP contribution in [0.2, 0.25) is 0 Å². The van der Waals surface area contributed by atoms with Crippen LogP contribution in [-0.4, -0.2) is 18.5 Å². The summed E-state index contributed by atoms with van der Waals surface area (Å²) < 4.78 is 6.01. The molecule has 0 heterocycles. The van der Waals surface area contributed by atoms with Gasteiger partial charge in [-0.15, -0.1) is 0 Å². The number of ketones is 1. The standard InChI is InChI=1S/C16H28O2/c1-14(2,3)12(17)10-18-13-9-11-7-8-16(13,6)15(11,4)5/h11,13H,7-10H2,1-6H3. The van der Waals surface area contributed by atoms with Crippen molar-refractivity contribution in [2.45, 2.75) is 66.9 Å². The van der Waals surface area contributed by atoms with Gasteiger partial charge in [-0.05, 0) is 36.0 Å². The van der Waals surface area contributed by atoms with E-state index in [0.717, 1.165) is 12.3 Å². The molecule has 0 amide bonds. The van der Waals surface area contributed by atoms with Crippen molar-refractivity contribution >= 4 is 5.78 Å². The summed E-state index contributed by atoms with van der Waals surface area (Å²) in [6, 6.07) is 0. The fourth-order valence-corrected chi connectivity index (χ4v) is 3.78. The molecule has 0 aromatic heterocycles. The van der Waals surface area contributed by atoms with Crippen LogP contribution in [0.1, 0.15) is 60.8 Å². The largest absolute Gasteiger partial charge is 0.370 e. The highest BCUT2D eigenvalue weighted by atomic mass is 16.5. The van der Waals surface area contributed by atoms with E-state index in [1.54, 1.807) is 0 Å². The number of hydrogen-bond acceptors (Lipinski definition) is 2. The molecule has 2 bridgehead atoms. The molecule has 0 saturated heterocycles. The lowest BCUT2D eigenvalue weighted by Gasteiger charge is -2.39. The first-order valence-electron chi connectivity index (χ1n) is 7.24. The lowest BCUT2D eigenvalue weighted by Crippen LogP contribution is -2.39. The zero-order valence-corrected chi connectivity index (χ0v) is 12.8. The minimum atomic E-state index is -0.284. The molecule has 2 rings (SSSR count). The Hall–Kier alpha value is -0.370. The van der Waals surface area contributed by atoms with Gasteiger partial charge in [-0.2, -0.15) is 0 Å². The Morgan fingerprint density at radius 3 is 2.28 bits per heavy atom. The average molecular weight is 252 g/mol. The van der Waals surface area contributed by atoms with Gasteiger partial charge in [0.2, 0.25) is 0 Å². The van der Waals surface area contributed by atoms with E-state index in [0.29, 0.717) is 5.41 Å². The third-order valence-corrected chi connectivity index (χ3v) is 5.97. The molecule has 0 aliphatic heterocycles. The molecular formula is C16H28O2. The van der Waals surface area contributed by atoms with E-state index in [4.69, 9.17) is 4.74 Å². The first kappa shape index (κ1) is 14.0. The van der Waals surface area contributed by atoms with E-state index >= 15 is 0 Å². The van der Waals surface area contributed by atoms with Crippen molar-refractivity contribution in [3.05, 3.63) is 0 Å². The number of ether oxygens (including phenoxy) is 1. The van der Waals surface area contributed by atoms with Crippen LogP contribution in [0.15, 0.2) is 0 Å². The predicted molar refractivity (Wildman–Crippen MR) is 73.4 cm³/mol. The highest BCUT2D eigenvalue weighted by Gasteiger charge is 2.61.